The minimum absolute atomic E-state index is 0.255. The number of rotatable bonds is 2. The fraction of sp³-hybridized carbons (Fsp3) is 0.529. The van der Waals surface area contributed by atoms with Crippen molar-refractivity contribution < 1.29 is 50.3 Å². The highest BCUT2D eigenvalue weighted by Gasteiger charge is 2.44. The number of hydrogen-bond acceptors (Lipinski definition) is 6. The smallest absolute Gasteiger partial charge is 0.471 e. The third-order valence-corrected chi connectivity index (χ3v) is 4.44. The molecule has 0 atom stereocenters. The van der Waals surface area contributed by atoms with E-state index in [2.05, 4.69) is 0 Å². The zero-order chi connectivity index (χ0) is 24.3. The molecule has 32 heavy (non-hydrogen) atoms. The molecule has 0 fully saturated rings. The van der Waals surface area contributed by atoms with Gasteiger partial charge in [0.2, 0.25) is 0 Å². The van der Waals surface area contributed by atoms with Crippen molar-refractivity contribution in [3.8, 4) is 5.75 Å². The summed E-state index contributed by atoms with van der Waals surface area (Å²) < 4.78 is 88.0. The summed E-state index contributed by atoms with van der Waals surface area (Å²) in [5, 5.41) is 11.3. The van der Waals surface area contributed by atoms with E-state index < -0.39 is 74.2 Å². The lowest BCUT2D eigenvalue weighted by Gasteiger charge is -2.28. The Morgan fingerprint density at radius 2 is 1.38 bits per heavy atom. The van der Waals surface area contributed by atoms with E-state index in [0.29, 0.717) is 9.80 Å². The molecule has 0 aliphatic carbocycles. The minimum atomic E-state index is -5.25. The van der Waals surface area contributed by atoms with Crippen LogP contribution in [0.2, 0.25) is 0 Å². The van der Waals surface area contributed by atoms with Gasteiger partial charge in [-0.2, -0.15) is 26.3 Å². The zero-order valence-corrected chi connectivity index (χ0v) is 16.5. The van der Waals surface area contributed by atoms with Gasteiger partial charge < -0.3 is 19.3 Å². The Bertz CT molecular complexity index is 830. The van der Waals surface area contributed by atoms with Gasteiger partial charge in [0.25, 0.3) is 5.69 Å². The Kier molecular flexibility index (Phi) is 7.54. The van der Waals surface area contributed by atoms with E-state index in [1.165, 1.54) is 0 Å². The first kappa shape index (κ1) is 25.2. The molecular formula is C17H17F6N3O6. The summed E-state index contributed by atoms with van der Waals surface area (Å²) in [5.74, 6) is -4.75. The second-order valence-electron chi connectivity index (χ2n) is 6.62. The summed E-state index contributed by atoms with van der Waals surface area (Å²) in [6.45, 7) is -3.81. The third-order valence-electron chi connectivity index (χ3n) is 4.44. The first-order valence-electron chi connectivity index (χ1n) is 8.89. The molecule has 2 amide bonds. The Morgan fingerprint density at radius 1 is 0.969 bits per heavy atom. The average molecular weight is 473 g/mol. The highest BCUT2D eigenvalue weighted by molar-refractivity contribution is 5.82. The van der Waals surface area contributed by atoms with Gasteiger partial charge >= 0.3 is 24.2 Å². The molecule has 1 aromatic rings. The average Bonchev–Trinajstić information content (AvgIpc) is 2.68. The Balaban J connectivity index is 2.61. The number of carbonyl (C=O) groups excluding carboxylic acids is 2. The molecule has 1 heterocycles. The van der Waals surface area contributed by atoms with Gasteiger partial charge in [0.1, 0.15) is 5.75 Å². The summed E-state index contributed by atoms with van der Waals surface area (Å²) in [6, 6.07) is 1.70. The fourth-order valence-corrected chi connectivity index (χ4v) is 3.06. The predicted molar refractivity (Wildman–Crippen MR) is 93.4 cm³/mol. The third kappa shape index (κ3) is 5.99. The number of hydrogen-bond donors (Lipinski definition) is 0. The monoisotopic (exact) mass is 473 g/mol. The van der Waals surface area contributed by atoms with Crippen molar-refractivity contribution in [1.82, 2.24) is 9.80 Å². The van der Waals surface area contributed by atoms with Crippen LogP contribution >= 0.6 is 0 Å². The summed E-state index contributed by atoms with van der Waals surface area (Å²) in [4.78, 5) is 34.7. The number of fused-ring (bicyclic) bond motifs is 2. The molecule has 0 radical (unpaired) electrons. The van der Waals surface area contributed by atoms with Gasteiger partial charge in [0.15, 0.2) is 0 Å². The van der Waals surface area contributed by atoms with Crippen molar-refractivity contribution >= 4 is 17.5 Å². The molecule has 0 saturated carbocycles. The summed E-state index contributed by atoms with van der Waals surface area (Å²) in [6.07, 6.45) is -10.5. The number of halogens is 6. The van der Waals surface area contributed by atoms with Crippen LogP contribution in [0.1, 0.15) is 11.1 Å². The number of alkyl halides is 6. The van der Waals surface area contributed by atoms with E-state index in [9.17, 15) is 46.0 Å². The predicted octanol–water partition coefficient (Wildman–Crippen LogP) is 2.42. The molecule has 0 spiro atoms. The van der Waals surface area contributed by atoms with Crippen molar-refractivity contribution in [1.29, 1.82) is 0 Å². The van der Waals surface area contributed by atoms with Gasteiger partial charge in [-0.15, -0.1) is 0 Å². The second-order valence-corrected chi connectivity index (χ2v) is 6.62. The highest BCUT2D eigenvalue weighted by atomic mass is 19.4. The lowest BCUT2D eigenvalue weighted by atomic mass is 10.1. The van der Waals surface area contributed by atoms with E-state index >= 15 is 0 Å². The Labute approximate surface area is 176 Å². The number of nitro groups is 1. The molecule has 9 nitrogen and oxygen atoms in total. The van der Waals surface area contributed by atoms with E-state index in [0.717, 1.165) is 19.2 Å². The van der Waals surface area contributed by atoms with Crippen LogP contribution in [0.15, 0.2) is 12.1 Å². The number of carbonyl (C=O) groups is 2. The van der Waals surface area contributed by atoms with Crippen LogP contribution in [0.25, 0.3) is 0 Å². The van der Waals surface area contributed by atoms with Crippen LogP contribution in [0.5, 0.6) is 5.75 Å². The van der Waals surface area contributed by atoms with E-state index in [1.54, 1.807) is 0 Å². The second kappa shape index (κ2) is 9.58. The van der Waals surface area contributed by atoms with Gasteiger partial charge in [0, 0.05) is 49.4 Å². The molecule has 0 N–H and O–H groups in total. The topological polar surface area (TPSA) is 102 Å². The van der Waals surface area contributed by atoms with Crippen LogP contribution in [0.3, 0.4) is 0 Å². The first-order chi connectivity index (χ1) is 14.8. The zero-order valence-electron chi connectivity index (χ0n) is 16.5. The van der Waals surface area contributed by atoms with Gasteiger partial charge in [0.05, 0.1) is 25.2 Å². The maximum atomic E-state index is 13.0. The van der Waals surface area contributed by atoms with Crippen molar-refractivity contribution in [2.45, 2.75) is 25.4 Å². The van der Waals surface area contributed by atoms with Crippen molar-refractivity contribution in [2.24, 2.45) is 0 Å². The highest BCUT2D eigenvalue weighted by Crippen LogP contribution is 2.33. The minimum Gasteiger partial charge on any atom is -0.496 e. The van der Waals surface area contributed by atoms with Crippen LogP contribution in [-0.4, -0.2) is 72.3 Å². The molecule has 2 rings (SSSR count). The molecule has 15 heteroatoms. The first-order valence-corrected chi connectivity index (χ1v) is 8.89. The van der Waals surface area contributed by atoms with E-state index in [-0.39, 0.29) is 16.9 Å². The van der Waals surface area contributed by atoms with Gasteiger partial charge in [-0.3, -0.25) is 19.7 Å². The molecule has 0 saturated heterocycles. The van der Waals surface area contributed by atoms with Gasteiger partial charge in [-0.25, -0.2) is 0 Å². The van der Waals surface area contributed by atoms with Crippen LogP contribution < -0.4 is 4.74 Å². The molecule has 1 aliphatic heterocycles. The number of nitrogens with zero attached hydrogens (tertiary/aromatic N) is 3. The molecule has 178 valence electrons. The number of non-ortho nitro benzene ring substituents is 1. The lowest BCUT2D eigenvalue weighted by Crippen LogP contribution is -2.44. The van der Waals surface area contributed by atoms with Gasteiger partial charge in [-0.1, -0.05) is 0 Å². The fourth-order valence-electron chi connectivity index (χ4n) is 3.06. The quantitative estimate of drug-likeness (QED) is 0.372. The van der Waals surface area contributed by atoms with Crippen molar-refractivity contribution in [3.63, 3.8) is 0 Å². The van der Waals surface area contributed by atoms with Crippen LogP contribution in [0, 0.1) is 10.1 Å². The Hall–Kier alpha value is -3.10. The molecule has 0 aromatic heterocycles. The number of nitro benzene ring substituents is 1. The molecule has 2 bridgehead atoms. The van der Waals surface area contributed by atoms with Gasteiger partial charge in [-0.05, 0) is 0 Å². The van der Waals surface area contributed by atoms with E-state index in [4.69, 9.17) is 9.47 Å². The maximum absolute atomic E-state index is 13.0. The Morgan fingerprint density at radius 3 is 1.69 bits per heavy atom. The largest absolute Gasteiger partial charge is 0.496 e. The molecule has 1 aromatic carbocycles. The standard InChI is InChI=1S/C17H17F6N3O6/c1-31-13-10-6-12(26(29)30)7-11(13)9-25(15(28)17(21,22)23)3-5-32-4-2-24(8-10)14(27)16(18,19)20/h6-7H,2-5,8-9H2,1H3. The van der Waals surface area contributed by atoms with E-state index in [1.807, 2.05) is 0 Å². The molecular weight excluding hydrogens is 456 g/mol. The number of methoxy groups -OCH3 is 1. The summed E-state index contributed by atoms with van der Waals surface area (Å²) in [5.41, 5.74) is -1.17. The number of ether oxygens (including phenoxy) is 2. The summed E-state index contributed by atoms with van der Waals surface area (Å²) in [7, 11) is 1.05. The van der Waals surface area contributed by atoms with Crippen LogP contribution in [0.4, 0.5) is 32.0 Å². The van der Waals surface area contributed by atoms with Crippen molar-refractivity contribution in [3.05, 3.63) is 33.4 Å². The molecule has 1 aliphatic rings. The van der Waals surface area contributed by atoms with Crippen molar-refractivity contribution in [2.75, 3.05) is 33.4 Å². The summed E-state index contributed by atoms with van der Waals surface area (Å²) >= 11 is 0. The lowest BCUT2D eigenvalue weighted by molar-refractivity contribution is -0.385. The number of amides is 2. The number of benzene rings is 1. The molecule has 0 unspecified atom stereocenters. The van der Waals surface area contributed by atoms with Crippen LogP contribution in [-0.2, 0) is 27.4 Å². The maximum Gasteiger partial charge on any atom is 0.471 e. The normalized spacial score (nSPS) is 16.1. The SMILES string of the molecule is COc1c2cc([N+](=O)[O-])cc1CN(C(=O)C(F)(F)F)CCOCCN(C(=O)C(F)(F)F)C2.